The zero-order valence-electron chi connectivity index (χ0n) is 15.6. The summed E-state index contributed by atoms with van der Waals surface area (Å²) in [5.74, 6) is -0.351. The molecule has 29 heavy (non-hydrogen) atoms. The summed E-state index contributed by atoms with van der Waals surface area (Å²) in [4.78, 5) is 18.5. The predicted octanol–water partition coefficient (Wildman–Crippen LogP) is 3.64. The summed E-state index contributed by atoms with van der Waals surface area (Å²) in [6.45, 7) is 0.406. The summed E-state index contributed by atoms with van der Waals surface area (Å²) in [5, 5.41) is 3.38. The lowest BCUT2D eigenvalue weighted by Crippen LogP contribution is -2.29. The quantitative estimate of drug-likeness (QED) is 0.692. The van der Waals surface area contributed by atoms with Crippen molar-refractivity contribution in [2.75, 3.05) is 16.2 Å². The van der Waals surface area contributed by atoms with Gasteiger partial charge in [-0.05, 0) is 55.5 Å². The van der Waals surface area contributed by atoms with E-state index in [1.807, 2.05) is 24.3 Å². The van der Waals surface area contributed by atoms with Gasteiger partial charge >= 0.3 is 0 Å². The maximum Gasteiger partial charge on any atom is 0.264 e. The van der Waals surface area contributed by atoms with Crippen molar-refractivity contribution < 1.29 is 13.2 Å². The second-order valence-corrected chi connectivity index (χ2v) is 10.1. The number of aryl methyl sites for hydroxylation is 2. The third kappa shape index (κ3) is 3.22. The first-order valence-electron chi connectivity index (χ1n) is 9.53. The predicted molar refractivity (Wildman–Crippen MR) is 113 cm³/mol. The maximum absolute atomic E-state index is 13.2. The zero-order valence-corrected chi connectivity index (χ0v) is 17.2. The molecule has 0 radical (unpaired) electrons. The Balaban J connectivity index is 1.41. The number of nitrogens with one attached hydrogen (secondary N) is 1. The number of fused-ring (bicyclic) bond motifs is 2. The fourth-order valence-electron chi connectivity index (χ4n) is 3.90. The number of carbonyl (C=O) groups excluding carboxylic acids is 1. The lowest BCUT2D eigenvalue weighted by atomic mass is 10.2. The molecule has 148 valence electrons. The van der Waals surface area contributed by atoms with Gasteiger partial charge in [0.1, 0.15) is 0 Å². The first kappa shape index (κ1) is 18.3. The molecule has 1 amide bonds. The number of hydrogen-bond acceptors (Lipinski definition) is 5. The van der Waals surface area contributed by atoms with Gasteiger partial charge in [0, 0.05) is 17.0 Å². The van der Waals surface area contributed by atoms with Crippen molar-refractivity contribution in [1.82, 2.24) is 4.98 Å². The van der Waals surface area contributed by atoms with Crippen molar-refractivity contribution in [2.45, 2.75) is 30.6 Å². The summed E-state index contributed by atoms with van der Waals surface area (Å²) < 4.78 is 27.8. The van der Waals surface area contributed by atoms with E-state index in [1.54, 1.807) is 12.1 Å². The fourth-order valence-corrected chi connectivity index (χ4v) is 6.49. The molecule has 1 aromatic heterocycles. The molecule has 0 saturated heterocycles. The highest BCUT2D eigenvalue weighted by atomic mass is 32.2. The summed E-state index contributed by atoms with van der Waals surface area (Å²) in [5.41, 5.74) is 3.09. The Morgan fingerprint density at radius 2 is 1.93 bits per heavy atom. The van der Waals surface area contributed by atoms with E-state index in [0.717, 1.165) is 30.5 Å². The number of hydrogen-bond donors (Lipinski definition) is 1. The van der Waals surface area contributed by atoms with Crippen molar-refractivity contribution in [3.63, 3.8) is 0 Å². The summed E-state index contributed by atoms with van der Waals surface area (Å²) in [6.07, 6.45) is 3.76. The van der Waals surface area contributed by atoms with Crippen LogP contribution in [0, 0.1) is 0 Å². The molecule has 1 N–H and O–H groups in total. The topological polar surface area (TPSA) is 79.4 Å². The lowest BCUT2D eigenvalue weighted by Gasteiger charge is -2.19. The van der Waals surface area contributed by atoms with Crippen LogP contribution in [0.1, 0.15) is 32.9 Å². The van der Waals surface area contributed by atoms with Crippen molar-refractivity contribution in [2.24, 2.45) is 0 Å². The smallest absolute Gasteiger partial charge is 0.264 e. The molecule has 0 fully saturated rings. The van der Waals surface area contributed by atoms with Crippen LogP contribution in [-0.2, 0) is 29.3 Å². The van der Waals surface area contributed by atoms with Gasteiger partial charge in [-0.1, -0.05) is 24.3 Å². The second kappa shape index (κ2) is 6.96. The van der Waals surface area contributed by atoms with Gasteiger partial charge in [-0.15, -0.1) is 11.3 Å². The van der Waals surface area contributed by atoms with E-state index < -0.39 is 10.0 Å². The van der Waals surface area contributed by atoms with Crippen LogP contribution < -0.4 is 9.62 Å². The largest absolute Gasteiger partial charge is 0.298 e. The average Bonchev–Trinajstić information content (AvgIpc) is 3.42. The highest BCUT2D eigenvalue weighted by molar-refractivity contribution is 7.92. The molecule has 0 unspecified atom stereocenters. The third-order valence-corrected chi connectivity index (χ3v) is 8.23. The molecule has 0 atom stereocenters. The van der Waals surface area contributed by atoms with Crippen molar-refractivity contribution >= 4 is 38.1 Å². The molecule has 0 spiro atoms. The number of nitrogens with zero attached hydrogens (tertiary/aromatic N) is 2. The van der Waals surface area contributed by atoms with E-state index in [1.165, 1.54) is 32.7 Å². The van der Waals surface area contributed by atoms with Crippen LogP contribution >= 0.6 is 11.3 Å². The molecule has 1 aliphatic heterocycles. The van der Waals surface area contributed by atoms with Gasteiger partial charge in [0.2, 0.25) is 0 Å². The van der Waals surface area contributed by atoms with Crippen LogP contribution in [0.5, 0.6) is 0 Å². The monoisotopic (exact) mass is 425 g/mol. The maximum atomic E-state index is 13.2. The van der Waals surface area contributed by atoms with Crippen LogP contribution in [0.4, 0.5) is 10.8 Å². The third-order valence-electron chi connectivity index (χ3n) is 5.34. The first-order valence-corrected chi connectivity index (χ1v) is 11.8. The normalized spacial score (nSPS) is 15.2. The van der Waals surface area contributed by atoms with Crippen LogP contribution in [-0.4, -0.2) is 25.9 Å². The van der Waals surface area contributed by atoms with Gasteiger partial charge in [-0.25, -0.2) is 13.4 Å². The molecule has 2 aliphatic rings. The summed E-state index contributed by atoms with van der Waals surface area (Å²) >= 11 is 1.50. The zero-order chi connectivity index (χ0) is 20.0. The second-order valence-electron chi connectivity index (χ2n) is 7.18. The SMILES string of the molecule is O=C(Nc1nc2c(s1)CCC2)c1cccc(S(=O)(=O)N2CCc3ccccc32)c1. The standard InChI is InChI=1S/C21H19N3O3S2/c25-20(23-21-22-17-8-4-10-19(17)28-21)15-6-3-7-16(13-15)29(26,27)24-12-11-14-5-1-2-9-18(14)24/h1-3,5-7,9,13H,4,8,10-12H2,(H,22,23,25). The molecule has 8 heteroatoms. The van der Waals surface area contributed by atoms with Crippen LogP contribution in [0.15, 0.2) is 53.4 Å². The van der Waals surface area contributed by atoms with E-state index >= 15 is 0 Å². The summed E-state index contributed by atoms with van der Waals surface area (Å²) in [6, 6.07) is 13.7. The fraction of sp³-hybridized carbons (Fsp3) is 0.238. The number of amides is 1. The molecule has 0 saturated carbocycles. The number of thiazole rings is 1. The number of rotatable bonds is 4. The Morgan fingerprint density at radius 1 is 1.07 bits per heavy atom. The Morgan fingerprint density at radius 3 is 2.79 bits per heavy atom. The van der Waals surface area contributed by atoms with E-state index in [2.05, 4.69) is 10.3 Å². The van der Waals surface area contributed by atoms with Crippen LogP contribution in [0.2, 0.25) is 0 Å². The molecule has 2 heterocycles. The van der Waals surface area contributed by atoms with Gasteiger partial charge in [0.25, 0.3) is 15.9 Å². The first-order chi connectivity index (χ1) is 14.0. The molecule has 0 bridgehead atoms. The molecule has 1 aliphatic carbocycles. The molecule has 3 aromatic rings. The average molecular weight is 426 g/mol. The molecular weight excluding hydrogens is 406 g/mol. The minimum absolute atomic E-state index is 0.114. The Hall–Kier alpha value is -2.71. The Labute approximate surface area is 173 Å². The van der Waals surface area contributed by atoms with Crippen molar-refractivity contribution in [3.8, 4) is 0 Å². The van der Waals surface area contributed by atoms with Crippen LogP contribution in [0.3, 0.4) is 0 Å². The van der Waals surface area contributed by atoms with Gasteiger partial charge in [0.05, 0.1) is 16.3 Å². The molecular formula is C21H19N3O3S2. The number of sulfonamides is 1. The minimum atomic E-state index is -3.74. The Kier molecular flexibility index (Phi) is 4.40. The number of anilines is 2. The van der Waals surface area contributed by atoms with E-state index in [0.29, 0.717) is 29.3 Å². The number of aromatic nitrogens is 1. The van der Waals surface area contributed by atoms with E-state index in [9.17, 15) is 13.2 Å². The number of benzene rings is 2. The van der Waals surface area contributed by atoms with Gasteiger partial charge in [-0.2, -0.15) is 0 Å². The minimum Gasteiger partial charge on any atom is -0.298 e. The van der Waals surface area contributed by atoms with Gasteiger partial charge < -0.3 is 0 Å². The van der Waals surface area contributed by atoms with Crippen molar-refractivity contribution in [3.05, 3.63) is 70.2 Å². The lowest BCUT2D eigenvalue weighted by molar-refractivity contribution is 0.102. The van der Waals surface area contributed by atoms with E-state index in [4.69, 9.17) is 0 Å². The van der Waals surface area contributed by atoms with Crippen LogP contribution in [0.25, 0.3) is 0 Å². The number of carbonyl (C=O) groups is 1. The Bertz CT molecular complexity index is 1200. The van der Waals surface area contributed by atoms with Gasteiger partial charge in [-0.3, -0.25) is 14.4 Å². The van der Waals surface area contributed by atoms with E-state index in [-0.39, 0.29) is 10.8 Å². The van der Waals surface area contributed by atoms with Crippen molar-refractivity contribution in [1.29, 1.82) is 0 Å². The number of para-hydroxylation sites is 1. The molecule has 6 nitrogen and oxygen atoms in total. The summed E-state index contributed by atoms with van der Waals surface area (Å²) in [7, 11) is -3.74. The van der Waals surface area contributed by atoms with Gasteiger partial charge in [0.15, 0.2) is 5.13 Å². The molecule has 2 aromatic carbocycles. The highest BCUT2D eigenvalue weighted by Gasteiger charge is 2.31. The molecule has 5 rings (SSSR count). The highest BCUT2D eigenvalue weighted by Crippen LogP contribution is 2.33.